The highest BCUT2D eigenvalue weighted by Crippen LogP contribution is 2.23. The summed E-state index contributed by atoms with van der Waals surface area (Å²) < 4.78 is 1.08. The zero-order chi connectivity index (χ0) is 10.7. The Kier molecular flexibility index (Phi) is 3.06. The summed E-state index contributed by atoms with van der Waals surface area (Å²) in [5, 5.41) is 10.1. The van der Waals surface area contributed by atoms with Crippen molar-refractivity contribution in [2.24, 2.45) is 0 Å². The summed E-state index contributed by atoms with van der Waals surface area (Å²) >= 11 is 3.51. The Morgan fingerprint density at radius 3 is 3.00 bits per heavy atom. The van der Waals surface area contributed by atoms with E-state index in [1.807, 2.05) is 12.1 Å². The molecule has 0 aliphatic carbocycles. The summed E-state index contributed by atoms with van der Waals surface area (Å²) in [5.74, 6) is 0. The third kappa shape index (κ3) is 2.59. The van der Waals surface area contributed by atoms with E-state index < -0.39 is 0 Å². The van der Waals surface area contributed by atoms with E-state index in [2.05, 4.69) is 50.5 Å². The number of hydrogen-bond acceptors (Lipinski definition) is 2. The number of aryl methyl sites for hydroxylation is 1. The van der Waals surface area contributed by atoms with E-state index in [9.17, 15) is 0 Å². The fourth-order valence-corrected chi connectivity index (χ4v) is 1.73. The van der Waals surface area contributed by atoms with Crippen molar-refractivity contribution in [1.82, 2.24) is 10.2 Å². The van der Waals surface area contributed by atoms with Crippen LogP contribution in [0, 0.1) is 6.92 Å². The summed E-state index contributed by atoms with van der Waals surface area (Å²) in [6, 6.07) is 8.19. The molecule has 1 aromatic carbocycles. The number of nitrogens with zero attached hydrogens (tertiary/aromatic N) is 1. The maximum absolute atomic E-state index is 3.90. The number of anilines is 1. The molecule has 0 atom stereocenters. The van der Waals surface area contributed by atoms with Crippen LogP contribution < -0.4 is 5.32 Å². The second-order valence-electron chi connectivity index (χ2n) is 3.42. The molecule has 0 unspecified atom stereocenters. The molecule has 0 radical (unpaired) electrons. The molecule has 0 spiro atoms. The standard InChI is InChI=1S/C11H12BrN3/c1-8-2-3-10(12)11(6-8)13-7-9-4-5-14-15-9/h2-6,13H,7H2,1H3,(H,14,15). The Balaban J connectivity index is 2.07. The predicted octanol–water partition coefficient (Wildman–Crippen LogP) is 3.09. The topological polar surface area (TPSA) is 40.7 Å². The fraction of sp³-hybridized carbons (Fsp3) is 0.182. The Bertz CT molecular complexity index is 437. The number of halogens is 1. The van der Waals surface area contributed by atoms with Gasteiger partial charge in [-0.3, -0.25) is 5.10 Å². The minimum atomic E-state index is 0.752. The minimum Gasteiger partial charge on any atom is -0.378 e. The van der Waals surface area contributed by atoms with Crippen LogP contribution in [0.2, 0.25) is 0 Å². The second kappa shape index (κ2) is 4.49. The monoisotopic (exact) mass is 265 g/mol. The molecule has 3 nitrogen and oxygen atoms in total. The van der Waals surface area contributed by atoms with Crippen molar-refractivity contribution in [2.45, 2.75) is 13.5 Å². The molecule has 78 valence electrons. The Labute approximate surface area is 97.0 Å². The van der Waals surface area contributed by atoms with E-state index in [1.54, 1.807) is 6.20 Å². The molecule has 1 heterocycles. The van der Waals surface area contributed by atoms with Crippen LogP contribution in [0.1, 0.15) is 11.3 Å². The van der Waals surface area contributed by atoms with Gasteiger partial charge in [-0.1, -0.05) is 6.07 Å². The maximum Gasteiger partial charge on any atom is 0.0568 e. The molecule has 0 saturated carbocycles. The van der Waals surface area contributed by atoms with Crippen LogP contribution in [-0.4, -0.2) is 10.2 Å². The number of hydrogen-bond donors (Lipinski definition) is 2. The van der Waals surface area contributed by atoms with Gasteiger partial charge in [-0.25, -0.2) is 0 Å². The van der Waals surface area contributed by atoms with Crippen molar-refractivity contribution in [3.05, 3.63) is 46.2 Å². The van der Waals surface area contributed by atoms with Crippen LogP contribution in [-0.2, 0) is 6.54 Å². The molecular formula is C11H12BrN3. The van der Waals surface area contributed by atoms with Gasteiger partial charge < -0.3 is 5.32 Å². The fourth-order valence-electron chi connectivity index (χ4n) is 1.35. The van der Waals surface area contributed by atoms with Gasteiger partial charge in [0, 0.05) is 16.4 Å². The van der Waals surface area contributed by atoms with Crippen LogP contribution in [0.15, 0.2) is 34.9 Å². The lowest BCUT2D eigenvalue weighted by Gasteiger charge is -2.08. The molecule has 0 saturated heterocycles. The van der Waals surface area contributed by atoms with Crippen LogP contribution in [0.25, 0.3) is 0 Å². The highest BCUT2D eigenvalue weighted by molar-refractivity contribution is 9.10. The van der Waals surface area contributed by atoms with Crippen molar-refractivity contribution in [3.63, 3.8) is 0 Å². The molecule has 0 fully saturated rings. The first-order chi connectivity index (χ1) is 7.25. The number of nitrogens with one attached hydrogen (secondary N) is 2. The van der Waals surface area contributed by atoms with Crippen molar-refractivity contribution in [2.75, 3.05) is 5.32 Å². The summed E-state index contributed by atoms with van der Waals surface area (Å²) in [6.45, 7) is 2.83. The van der Waals surface area contributed by atoms with Crippen molar-refractivity contribution in [1.29, 1.82) is 0 Å². The van der Waals surface area contributed by atoms with Crippen molar-refractivity contribution >= 4 is 21.6 Å². The molecule has 1 aromatic heterocycles. The first-order valence-electron chi connectivity index (χ1n) is 4.74. The SMILES string of the molecule is Cc1ccc(Br)c(NCc2ccn[nH]2)c1. The lowest BCUT2D eigenvalue weighted by molar-refractivity contribution is 0.980. The normalized spacial score (nSPS) is 10.3. The molecule has 2 rings (SSSR count). The molecule has 4 heteroatoms. The van der Waals surface area contributed by atoms with Gasteiger partial charge in [0.05, 0.1) is 12.2 Å². The van der Waals surface area contributed by atoms with Gasteiger partial charge in [0.2, 0.25) is 0 Å². The maximum atomic E-state index is 3.90. The first-order valence-corrected chi connectivity index (χ1v) is 5.53. The third-order valence-corrected chi connectivity index (χ3v) is 2.84. The molecule has 0 aliphatic rings. The highest BCUT2D eigenvalue weighted by Gasteiger charge is 2.00. The molecule has 0 bridgehead atoms. The molecule has 15 heavy (non-hydrogen) atoms. The average molecular weight is 266 g/mol. The largest absolute Gasteiger partial charge is 0.378 e. The average Bonchev–Trinajstić information content (AvgIpc) is 2.72. The molecule has 2 N–H and O–H groups in total. The van der Waals surface area contributed by atoms with E-state index in [1.165, 1.54) is 5.56 Å². The smallest absolute Gasteiger partial charge is 0.0568 e. The third-order valence-electron chi connectivity index (χ3n) is 2.15. The van der Waals surface area contributed by atoms with E-state index in [0.717, 1.165) is 22.4 Å². The molecule has 0 aliphatic heterocycles. The van der Waals surface area contributed by atoms with Crippen molar-refractivity contribution < 1.29 is 0 Å². The zero-order valence-corrected chi connectivity index (χ0v) is 10.0. The highest BCUT2D eigenvalue weighted by atomic mass is 79.9. The lowest BCUT2D eigenvalue weighted by atomic mass is 10.2. The van der Waals surface area contributed by atoms with Crippen LogP contribution in [0.5, 0.6) is 0 Å². The Morgan fingerprint density at radius 2 is 2.27 bits per heavy atom. The summed E-state index contributed by atoms with van der Waals surface area (Å²) in [5.41, 5.74) is 3.42. The number of benzene rings is 1. The zero-order valence-electron chi connectivity index (χ0n) is 8.42. The second-order valence-corrected chi connectivity index (χ2v) is 4.27. The van der Waals surface area contributed by atoms with E-state index in [0.29, 0.717) is 0 Å². The van der Waals surface area contributed by atoms with Crippen molar-refractivity contribution in [3.8, 4) is 0 Å². The van der Waals surface area contributed by atoms with Gasteiger partial charge in [-0.2, -0.15) is 5.10 Å². The number of rotatable bonds is 3. The van der Waals surface area contributed by atoms with Crippen LogP contribution in [0.3, 0.4) is 0 Å². The number of aromatic nitrogens is 2. The van der Waals surface area contributed by atoms with E-state index in [4.69, 9.17) is 0 Å². The van der Waals surface area contributed by atoms with E-state index in [-0.39, 0.29) is 0 Å². The quantitative estimate of drug-likeness (QED) is 0.896. The van der Waals surface area contributed by atoms with Gasteiger partial charge in [-0.05, 0) is 46.6 Å². The predicted molar refractivity (Wildman–Crippen MR) is 64.8 cm³/mol. The first kappa shape index (κ1) is 10.2. The number of aromatic amines is 1. The summed E-state index contributed by atoms with van der Waals surface area (Å²) in [7, 11) is 0. The molecule has 2 aromatic rings. The van der Waals surface area contributed by atoms with Gasteiger partial charge in [0.1, 0.15) is 0 Å². The van der Waals surface area contributed by atoms with Crippen LogP contribution in [0.4, 0.5) is 5.69 Å². The Hall–Kier alpha value is -1.29. The number of H-pyrrole nitrogens is 1. The van der Waals surface area contributed by atoms with Crippen LogP contribution >= 0.6 is 15.9 Å². The van der Waals surface area contributed by atoms with Gasteiger partial charge in [0.15, 0.2) is 0 Å². The van der Waals surface area contributed by atoms with Gasteiger partial charge in [0.25, 0.3) is 0 Å². The summed E-state index contributed by atoms with van der Waals surface area (Å²) in [4.78, 5) is 0. The van der Waals surface area contributed by atoms with Gasteiger partial charge >= 0.3 is 0 Å². The molecule has 0 amide bonds. The van der Waals surface area contributed by atoms with E-state index >= 15 is 0 Å². The van der Waals surface area contributed by atoms with Gasteiger partial charge in [-0.15, -0.1) is 0 Å². The summed E-state index contributed by atoms with van der Waals surface area (Å²) in [6.07, 6.45) is 1.75. The molecular weight excluding hydrogens is 254 g/mol. The Morgan fingerprint density at radius 1 is 1.40 bits per heavy atom. The lowest BCUT2D eigenvalue weighted by Crippen LogP contribution is -2.00. The minimum absolute atomic E-state index is 0.752.